The van der Waals surface area contributed by atoms with E-state index in [1.54, 1.807) is 0 Å². The fraction of sp³-hybridized carbons (Fsp3) is 0.600. The molecule has 1 heterocycles. The van der Waals surface area contributed by atoms with E-state index in [9.17, 15) is 18.3 Å². The molecule has 0 spiro atoms. The number of aliphatic hydroxyl groups excluding tert-OH is 1. The summed E-state index contributed by atoms with van der Waals surface area (Å²) in [5, 5.41) is 9.98. The van der Waals surface area contributed by atoms with Crippen LogP contribution >= 0.6 is 0 Å². The number of hydrogen-bond donors (Lipinski definition) is 1. The summed E-state index contributed by atoms with van der Waals surface area (Å²) < 4.78 is 48.4. The van der Waals surface area contributed by atoms with Gasteiger partial charge in [0.25, 0.3) is 0 Å². The molecule has 0 amide bonds. The number of morpholine rings is 1. The largest absolute Gasteiger partial charge is 0.491 e. The van der Waals surface area contributed by atoms with Gasteiger partial charge in [0.05, 0.1) is 18.8 Å². The molecule has 2 unspecified atom stereocenters. The van der Waals surface area contributed by atoms with Crippen LogP contribution in [-0.4, -0.2) is 55.1 Å². The van der Waals surface area contributed by atoms with Crippen LogP contribution in [0.5, 0.6) is 5.75 Å². The molecule has 7 heteroatoms. The van der Waals surface area contributed by atoms with Crippen molar-refractivity contribution in [2.75, 3.05) is 32.9 Å². The zero-order valence-corrected chi connectivity index (χ0v) is 12.3. The van der Waals surface area contributed by atoms with E-state index in [1.165, 1.54) is 12.1 Å². The first-order valence-corrected chi connectivity index (χ1v) is 7.16. The van der Waals surface area contributed by atoms with Gasteiger partial charge in [-0.05, 0) is 25.1 Å². The van der Waals surface area contributed by atoms with E-state index < -0.39 is 17.8 Å². The molecule has 0 bridgehead atoms. The van der Waals surface area contributed by atoms with Crippen molar-refractivity contribution in [2.24, 2.45) is 0 Å². The third-order valence-electron chi connectivity index (χ3n) is 3.55. The molecule has 0 aliphatic carbocycles. The molecule has 0 saturated carbocycles. The number of alkyl halides is 3. The Morgan fingerprint density at radius 2 is 2.23 bits per heavy atom. The highest BCUT2D eigenvalue weighted by molar-refractivity contribution is 5.30. The van der Waals surface area contributed by atoms with Crippen molar-refractivity contribution in [3.63, 3.8) is 0 Å². The Kier molecular flexibility index (Phi) is 5.66. The fourth-order valence-electron chi connectivity index (χ4n) is 2.31. The normalized spacial score (nSPS) is 21.6. The summed E-state index contributed by atoms with van der Waals surface area (Å²) in [7, 11) is 0. The maximum Gasteiger partial charge on any atom is 0.416 e. The third-order valence-corrected chi connectivity index (χ3v) is 3.55. The van der Waals surface area contributed by atoms with Gasteiger partial charge in [-0.3, -0.25) is 4.90 Å². The SMILES string of the molecule is CC1COCCN1CC(O)COc1cccc(C(F)(F)F)c1. The Labute approximate surface area is 127 Å². The molecule has 4 nitrogen and oxygen atoms in total. The molecule has 2 rings (SSSR count). The van der Waals surface area contributed by atoms with Gasteiger partial charge in [-0.25, -0.2) is 0 Å². The summed E-state index contributed by atoms with van der Waals surface area (Å²) in [4.78, 5) is 2.07. The zero-order chi connectivity index (χ0) is 16.2. The van der Waals surface area contributed by atoms with Gasteiger partial charge >= 0.3 is 6.18 Å². The van der Waals surface area contributed by atoms with Crippen molar-refractivity contribution in [1.82, 2.24) is 4.90 Å². The lowest BCUT2D eigenvalue weighted by atomic mass is 10.2. The smallest absolute Gasteiger partial charge is 0.416 e. The molecule has 2 atom stereocenters. The fourth-order valence-corrected chi connectivity index (χ4v) is 2.31. The molecule has 1 N–H and O–H groups in total. The van der Waals surface area contributed by atoms with Crippen LogP contribution in [0.3, 0.4) is 0 Å². The lowest BCUT2D eigenvalue weighted by molar-refractivity contribution is -0.137. The predicted molar refractivity (Wildman–Crippen MR) is 74.8 cm³/mol. The number of benzene rings is 1. The molecular weight excluding hydrogens is 299 g/mol. The number of nitrogens with zero attached hydrogens (tertiary/aromatic N) is 1. The minimum absolute atomic E-state index is 0.0502. The zero-order valence-electron chi connectivity index (χ0n) is 12.3. The molecule has 22 heavy (non-hydrogen) atoms. The Morgan fingerprint density at radius 1 is 1.45 bits per heavy atom. The number of hydrogen-bond acceptors (Lipinski definition) is 4. The number of β-amino-alcohol motifs (C(OH)–C–C–N with tert-alkyl or cyclic N) is 1. The lowest BCUT2D eigenvalue weighted by Gasteiger charge is -2.34. The van der Waals surface area contributed by atoms with Crippen LogP contribution in [0.2, 0.25) is 0 Å². The molecule has 1 aliphatic heterocycles. The maximum absolute atomic E-state index is 12.6. The molecule has 1 saturated heterocycles. The Morgan fingerprint density at radius 3 is 2.91 bits per heavy atom. The van der Waals surface area contributed by atoms with E-state index in [0.29, 0.717) is 19.8 Å². The van der Waals surface area contributed by atoms with E-state index in [-0.39, 0.29) is 18.4 Å². The summed E-state index contributed by atoms with van der Waals surface area (Å²) in [6, 6.07) is 4.86. The van der Waals surface area contributed by atoms with Crippen molar-refractivity contribution in [1.29, 1.82) is 0 Å². The second-order valence-corrected chi connectivity index (χ2v) is 5.41. The molecule has 0 aromatic heterocycles. The van der Waals surface area contributed by atoms with Gasteiger partial charge in [0.15, 0.2) is 0 Å². The predicted octanol–water partition coefficient (Wildman–Crippen LogP) is 2.17. The summed E-state index contributed by atoms with van der Waals surface area (Å²) >= 11 is 0. The minimum Gasteiger partial charge on any atom is -0.491 e. The van der Waals surface area contributed by atoms with Crippen molar-refractivity contribution < 1.29 is 27.8 Å². The summed E-state index contributed by atoms with van der Waals surface area (Å²) in [5.74, 6) is 0.101. The van der Waals surface area contributed by atoms with E-state index in [2.05, 4.69) is 4.90 Å². The van der Waals surface area contributed by atoms with Gasteiger partial charge in [-0.1, -0.05) is 6.07 Å². The van der Waals surface area contributed by atoms with Crippen LogP contribution in [0.15, 0.2) is 24.3 Å². The topological polar surface area (TPSA) is 41.9 Å². The van der Waals surface area contributed by atoms with E-state index in [0.717, 1.165) is 18.7 Å². The second kappa shape index (κ2) is 7.30. The van der Waals surface area contributed by atoms with E-state index in [4.69, 9.17) is 9.47 Å². The molecule has 124 valence electrons. The highest BCUT2D eigenvalue weighted by Gasteiger charge is 2.30. The average Bonchev–Trinajstić information content (AvgIpc) is 2.47. The van der Waals surface area contributed by atoms with Crippen molar-refractivity contribution >= 4 is 0 Å². The Bertz CT molecular complexity index is 481. The minimum atomic E-state index is -4.40. The summed E-state index contributed by atoms with van der Waals surface area (Å²) in [6.45, 7) is 4.31. The number of aliphatic hydroxyl groups is 1. The van der Waals surface area contributed by atoms with Gasteiger partial charge in [-0.2, -0.15) is 13.2 Å². The van der Waals surface area contributed by atoms with Crippen LogP contribution in [-0.2, 0) is 10.9 Å². The van der Waals surface area contributed by atoms with Crippen LogP contribution < -0.4 is 4.74 Å². The summed E-state index contributed by atoms with van der Waals surface area (Å²) in [5.41, 5.74) is -0.763. The van der Waals surface area contributed by atoms with Gasteiger partial charge in [0.1, 0.15) is 18.5 Å². The number of rotatable bonds is 5. The first kappa shape index (κ1) is 17.1. The molecule has 1 aromatic carbocycles. The third kappa shape index (κ3) is 4.86. The quantitative estimate of drug-likeness (QED) is 0.903. The Hall–Kier alpha value is -1.31. The Balaban J connectivity index is 1.84. The van der Waals surface area contributed by atoms with Crippen molar-refractivity contribution in [2.45, 2.75) is 25.2 Å². The van der Waals surface area contributed by atoms with Crippen molar-refractivity contribution in [3.8, 4) is 5.75 Å². The highest BCUT2D eigenvalue weighted by Crippen LogP contribution is 2.31. The molecule has 1 fully saturated rings. The van der Waals surface area contributed by atoms with Crippen LogP contribution in [0.25, 0.3) is 0 Å². The van der Waals surface area contributed by atoms with Gasteiger partial charge < -0.3 is 14.6 Å². The first-order chi connectivity index (χ1) is 10.4. The van der Waals surface area contributed by atoms with Gasteiger partial charge in [-0.15, -0.1) is 0 Å². The van der Waals surface area contributed by atoms with Crippen LogP contribution in [0, 0.1) is 0 Å². The monoisotopic (exact) mass is 319 g/mol. The van der Waals surface area contributed by atoms with Crippen LogP contribution in [0.4, 0.5) is 13.2 Å². The number of halogens is 3. The first-order valence-electron chi connectivity index (χ1n) is 7.16. The van der Waals surface area contributed by atoms with Gasteiger partial charge in [0, 0.05) is 19.1 Å². The standard InChI is InChI=1S/C15H20F3NO3/c1-11-9-21-6-5-19(11)8-13(20)10-22-14-4-2-3-12(7-14)15(16,17)18/h2-4,7,11,13,20H,5-6,8-10H2,1H3. The van der Waals surface area contributed by atoms with Gasteiger partial charge in [0.2, 0.25) is 0 Å². The average molecular weight is 319 g/mol. The maximum atomic E-state index is 12.6. The highest BCUT2D eigenvalue weighted by atomic mass is 19.4. The van der Waals surface area contributed by atoms with Crippen LogP contribution in [0.1, 0.15) is 12.5 Å². The van der Waals surface area contributed by atoms with E-state index >= 15 is 0 Å². The molecule has 0 radical (unpaired) electrons. The lowest BCUT2D eigenvalue weighted by Crippen LogP contribution is -2.47. The van der Waals surface area contributed by atoms with E-state index in [1.807, 2.05) is 6.92 Å². The number of ether oxygens (including phenoxy) is 2. The summed E-state index contributed by atoms with van der Waals surface area (Å²) in [6.07, 6.45) is -5.17. The molecule has 1 aliphatic rings. The molecular formula is C15H20F3NO3. The van der Waals surface area contributed by atoms with Crippen molar-refractivity contribution in [3.05, 3.63) is 29.8 Å². The molecule has 1 aromatic rings. The second-order valence-electron chi connectivity index (χ2n) is 5.41.